The van der Waals surface area contributed by atoms with Gasteiger partial charge in [0.25, 0.3) is 5.91 Å². The van der Waals surface area contributed by atoms with Crippen LogP contribution in [0.2, 0.25) is 0 Å². The van der Waals surface area contributed by atoms with Crippen LogP contribution >= 0.6 is 11.3 Å². The Bertz CT molecular complexity index is 923. The van der Waals surface area contributed by atoms with Gasteiger partial charge in [0, 0.05) is 6.54 Å². The number of hydrogen-bond acceptors (Lipinski definition) is 4. The summed E-state index contributed by atoms with van der Waals surface area (Å²) < 4.78 is 5.72. The number of thiophene rings is 1. The van der Waals surface area contributed by atoms with E-state index in [1.165, 1.54) is 16.9 Å². The molecule has 4 rings (SSSR count). The SMILES string of the molecule is C[C@@H](CNC(=O)c1ccc(N2CCOc3ccccc32)s1)c1ccccc1. The predicted molar refractivity (Wildman–Crippen MR) is 110 cm³/mol. The molecule has 1 aliphatic rings. The molecular weight excluding hydrogens is 356 g/mol. The molecule has 1 atom stereocenters. The van der Waals surface area contributed by atoms with Gasteiger partial charge in [-0.05, 0) is 35.7 Å². The summed E-state index contributed by atoms with van der Waals surface area (Å²) in [5.74, 6) is 1.15. The number of para-hydroxylation sites is 2. The van der Waals surface area contributed by atoms with E-state index in [9.17, 15) is 4.79 Å². The lowest BCUT2D eigenvalue weighted by Gasteiger charge is -2.29. The molecule has 1 N–H and O–H groups in total. The highest BCUT2D eigenvalue weighted by Crippen LogP contribution is 2.39. The summed E-state index contributed by atoms with van der Waals surface area (Å²) in [6, 6.07) is 22.2. The molecule has 0 unspecified atom stereocenters. The second-order valence-electron chi connectivity index (χ2n) is 6.63. The van der Waals surface area contributed by atoms with Gasteiger partial charge in [0.05, 0.1) is 22.1 Å². The van der Waals surface area contributed by atoms with Crippen LogP contribution in [0.3, 0.4) is 0 Å². The maximum absolute atomic E-state index is 12.6. The lowest BCUT2D eigenvalue weighted by molar-refractivity contribution is 0.0955. The number of hydrogen-bond donors (Lipinski definition) is 1. The van der Waals surface area contributed by atoms with Crippen molar-refractivity contribution in [3.63, 3.8) is 0 Å². The van der Waals surface area contributed by atoms with Crippen LogP contribution in [0.4, 0.5) is 10.7 Å². The van der Waals surface area contributed by atoms with E-state index in [0.717, 1.165) is 27.9 Å². The summed E-state index contributed by atoms with van der Waals surface area (Å²) in [6.07, 6.45) is 0. The molecule has 4 nitrogen and oxygen atoms in total. The van der Waals surface area contributed by atoms with Crippen LogP contribution in [0.1, 0.15) is 28.1 Å². The van der Waals surface area contributed by atoms with Gasteiger partial charge in [-0.1, -0.05) is 49.4 Å². The zero-order chi connectivity index (χ0) is 18.6. The van der Waals surface area contributed by atoms with Gasteiger partial charge in [-0.3, -0.25) is 4.79 Å². The van der Waals surface area contributed by atoms with E-state index in [-0.39, 0.29) is 11.8 Å². The number of ether oxygens (including phenoxy) is 1. The predicted octanol–water partition coefficient (Wildman–Crippen LogP) is 4.81. The molecule has 0 saturated carbocycles. The molecule has 2 aromatic carbocycles. The topological polar surface area (TPSA) is 41.6 Å². The number of rotatable bonds is 5. The first-order valence-corrected chi connectivity index (χ1v) is 9.96. The van der Waals surface area contributed by atoms with E-state index < -0.39 is 0 Å². The zero-order valence-electron chi connectivity index (χ0n) is 15.2. The van der Waals surface area contributed by atoms with Crippen molar-refractivity contribution < 1.29 is 9.53 Å². The fourth-order valence-corrected chi connectivity index (χ4v) is 4.19. The molecule has 0 saturated heterocycles. The van der Waals surface area contributed by atoms with Crippen LogP contribution in [0.15, 0.2) is 66.7 Å². The number of anilines is 2. The van der Waals surface area contributed by atoms with Gasteiger partial charge < -0.3 is 15.0 Å². The Labute approximate surface area is 163 Å². The maximum atomic E-state index is 12.6. The Kier molecular flexibility index (Phi) is 5.12. The van der Waals surface area contributed by atoms with Gasteiger partial charge in [0.2, 0.25) is 0 Å². The third-order valence-electron chi connectivity index (χ3n) is 4.75. The molecule has 0 radical (unpaired) electrons. The summed E-state index contributed by atoms with van der Waals surface area (Å²) in [5, 5.41) is 4.12. The van der Waals surface area contributed by atoms with E-state index in [2.05, 4.69) is 35.3 Å². The Balaban J connectivity index is 1.43. The van der Waals surface area contributed by atoms with Gasteiger partial charge in [0.15, 0.2) is 0 Å². The molecule has 3 aromatic rings. The molecule has 0 fully saturated rings. The second kappa shape index (κ2) is 7.84. The standard InChI is InChI=1S/C22H22N2O2S/c1-16(17-7-3-2-4-8-17)15-23-22(25)20-11-12-21(27-20)24-13-14-26-19-10-6-5-9-18(19)24/h2-12,16H,13-15H2,1H3,(H,23,25)/t16-/m0/s1. The van der Waals surface area contributed by atoms with Crippen LogP contribution < -0.4 is 15.0 Å². The van der Waals surface area contributed by atoms with E-state index >= 15 is 0 Å². The van der Waals surface area contributed by atoms with Crippen molar-refractivity contribution in [2.45, 2.75) is 12.8 Å². The minimum Gasteiger partial charge on any atom is -0.490 e. The van der Waals surface area contributed by atoms with Crippen molar-refractivity contribution in [3.05, 3.63) is 77.2 Å². The Morgan fingerprint density at radius 3 is 2.74 bits per heavy atom. The molecule has 1 aromatic heterocycles. The number of carbonyl (C=O) groups is 1. The summed E-state index contributed by atoms with van der Waals surface area (Å²) in [6.45, 7) is 4.17. The number of carbonyl (C=O) groups excluding carboxylic acids is 1. The second-order valence-corrected chi connectivity index (χ2v) is 7.69. The van der Waals surface area contributed by atoms with Gasteiger partial charge in [0.1, 0.15) is 12.4 Å². The van der Waals surface area contributed by atoms with Crippen molar-refractivity contribution in [1.82, 2.24) is 5.32 Å². The van der Waals surface area contributed by atoms with E-state index in [4.69, 9.17) is 4.74 Å². The number of amides is 1. The molecule has 2 heterocycles. The molecule has 0 bridgehead atoms. The lowest BCUT2D eigenvalue weighted by atomic mass is 10.0. The fourth-order valence-electron chi connectivity index (χ4n) is 3.23. The summed E-state index contributed by atoms with van der Waals surface area (Å²) in [5.41, 5.74) is 2.28. The molecular formula is C22H22N2O2S. The third kappa shape index (κ3) is 3.83. The van der Waals surface area contributed by atoms with Gasteiger partial charge in [-0.2, -0.15) is 0 Å². The van der Waals surface area contributed by atoms with E-state index in [1.54, 1.807) is 0 Å². The van der Waals surface area contributed by atoms with Crippen LogP contribution in [-0.2, 0) is 0 Å². The average Bonchev–Trinajstić information content (AvgIpc) is 3.22. The van der Waals surface area contributed by atoms with E-state index in [1.807, 2.05) is 48.5 Å². The van der Waals surface area contributed by atoms with Crippen LogP contribution in [0.25, 0.3) is 0 Å². The highest BCUT2D eigenvalue weighted by molar-refractivity contribution is 7.18. The number of nitrogens with one attached hydrogen (secondary N) is 1. The number of benzene rings is 2. The molecule has 5 heteroatoms. The van der Waals surface area contributed by atoms with E-state index in [0.29, 0.717) is 13.2 Å². The van der Waals surface area contributed by atoms with Crippen LogP contribution in [0, 0.1) is 0 Å². The van der Waals surface area contributed by atoms with Crippen molar-refractivity contribution in [3.8, 4) is 5.75 Å². The minimum atomic E-state index is -0.0180. The highest BCUT2D eigenvalue weighted by atomic mass is 32.1. The smallest absolute Gasteiger partial charge is 0.261 e. The van der Waals surface area contributed by atoms with Crippen LogP contribution in [-0.4, -0.2) is 25.6 Å². The van der Waals surface area contributed by atoms with Crippen molar-refractivity contribution in [1.29, 1.82) is 0 Å². The highest BCUT2D eigenvalue weighted by Gasteiger charge is 2.21. The summed E-state index contributed by atoms with van der Waals surface area (Å²) in [4.78, 5) is 15.5. The Morgan fingerprint density at radius 1 is 1.11 bits per heavy atom. The molecule has 138 valence electrons. The van der Waals surface area contributed by atoms with Crippen molar-refractivity contribution in [2.24, 2.45) is 0 Å². The lowest BCUT2D eigenvalue weighted by Crippen LogP contribution is -2.28. The monoisotopic (exact) mass is 378 g/mol. The molecule has 27 heavy (non-hydrogen) atoms. The van der Waals surface area contributed by atoms with Gasteiger partial charge in [-0.15, -0.1) is 11.3 Å². The fraction of sp³-hybridized carbons (Fsp3) is 0.227. The van der Waals surface area contributed by atoms with Crippen molar-refractivity contribution >= 4 is 27.9 Å². The summed E-state index contributed by atoms with van der Waals surface area (Å²) >= 11 is 1.52. The maximum Gasteiger partial charge on any atom is 0.261 e. The average molecular weight is 378 g/mol. The Hall–Kier alpha value is -2.79. The molecule has 1 aliphatic heterocycles. The first-order chi connectivity index (χ1) is 13.2. The zero-order valence-corrected chi connectivity index (χ0v) is 16.0. The normalized spacial score (nSPS) is 14.2. The number of fused-ring (bicyclic) bond motifs is 1. The van der Waals surface area contributed by atoms with Gasteiger partial charge in [-0.25, -0.2) is 0 Å². The largest absolute Gasteiger partial charge is 0.490 e. The Morgan fingerprint density at radius 2 is 1.89 bits per heavy atom. The first kappa shape index (κ1) is 17.6. The number of nitrogens with zero attached hydrogens (tertiary/aromatic N) is 1. The summed E-state index contributed by atoms with van der Waals surface area (Å²) in [7, 11) is 0. The molecule has 0 aliphatic carbocycles. The molecule has 1 amide bonds. The minimum absolute atomic E-state index is 0.0180. The quantitative estimate of drug-likeness (QED) is 0.693. The van der Waals surface area contributed by atoms with Crippen LogP contribution in [0.5, 0.6) is 5.75 Å². The third-order valence-corrected chi connectivity index (χ3v) is 5.85. The van der Waals surface area contributed by atoms with Gasteiger partial charge >= 0.3 is 0 Å². The first-order valence-electron chi connectivity index (χ1n) is 9.15. The van der Waals surface area contributed by atoms with Crippen molar-refractivity contribution in [2.75, 3.05) is 24.6 Å². The molecule has 0 spiro atoms.